The van der Waals surface area contributed by atoms with Gasteiger partial charge < -0.3 is 5.11 Å². The molecule has 0 fully saturated rings. The minimum atomic E-state index is -3.91. The molecule has 2 rings (SSSR count). The molecule has 1 aromatic carbocycles. The Morgan fingerprint density at radius 2 is 2.05 bits per heavy atom. The van der Waals surface area contributed by atoms with Gasteiger partial charge in [-0.05, 0) is 17.7 Å². The topological polar surface area (TPSA) is 92.2 Å². The number of aliphatic hydroxyl groups excluding tert-OH is 1. The van der Waals surface area contributed by atoms with Crippen LogP contribution in [-0.4, -0.2) is 23.7 Å². The van der Waals surface area contributed by atoms with E-state index in [9.17, 15) is 8.42 Å². The van der Waals surface area contributed by atoms with Crippen molar-refractivity contribution in [3.8, 4) is 0 Å². The highest BCUT2D eigenvalue weighted by Gasteiger charge is 2.21. The lowest BCUT2D eigenvalue weighted by Gasteiger charge is -2.09. The van der Waals surface area contributed by atoms with E-state index in [1.807, 2.05) is 0 Å². The van der Waals surface area contributed by atoms with E-state index in [1.54, 1.807) is 0 Å². The summed E-state index contributed by atoms with van der Waals surface area (Å²) in [5.74, 6) is 0. The van der Waals surface area contributed by atoms with E-state index in [1.165, 1.54) is 17.6 Å². The van der Waals surface area contributed by atoms with E-state index in [-0.39, 0.29) is 25.6 Å². The second kappa shape index (κ2) is 5.59. The Morgan fingerprint density at radius 3 is 2.63 bits per heavy atom. The van der Waals surface area contributed by atoms with Crippen LogP contribution in [0, 0.1) is 0 Å². The van der Waals surface area contributed by atoms with Gasteiger partial charge in [0.1, 0.15) is 10.4 Å². The van der Waals surface area contributed by atoms with Gasteiger partial charge in [0.2, 0.25) is 5.13 Å². The number of benzene rings is 1. The van der Waals surface area contributed by atoms with Gasteiger partial charge in [0.25, 0.3) is 10.0 Å². The molecule has 19 heavy (non-hydrogen) atoms. The first-order valence-corrected chi connectivity index (χ1v) is 7.93. The molecule has 0 atom stereocenters. The largest absolute Gasteiger partial charge is 0.392 e. The molecule has 0 spiro atoms. The van der Waals surface area contributed by atoms with Gasteiger partial charge in [-0.25, -0.2) is 8.42 Å². The van der Waals surface area contributed by atoms with Crippen molar-refractivity contribution in [2.24, 2.45) is 0 Å². The van der Waals surface area contributed by atoms with E-state index in [4.69, 9.17) is 28.3 Å². The third-order valence-electron chi connectivity index (χ3n) is 2.14. The van der Waals surface area contributed by atoms with Crippen LogP contribution in [0.5, 0.6) is 0 Å². The normalized spacial score (nSPS) is 11.5. The Hall–Kier alpha value is -0.930. The van der Waals surface area contributed by atoms with Crippen LogP contribution < -0.4 is 4.72 Å². The number of rotatable bonds is 4. The zero-order valence-electron chi connectivity index (χ0n) is 9.17. The van der Waals surface area contributed by atoms with E-state index in [2.05, 4.69) is 14.9 Å². The van der Waals surface area contributed by atoms with E-state index in [0.717, 1.165) is 11.3 Å². The molecule has 1 heterocycles. The number of nitrogens with one attached hydrogen (secondary N) is 1. The maximum absolute atomic E-state index is 12.1. The molecule has 0 aliphatic carbocycles. The lowest BCUT2D eigenvalue weighted by Crippen LogP contribution is -2.14. The van der Waals surface area contributed by atoms with Crippen molar-refractivity contribution >= 4 is 49.7 Å². The number of halogens is 2. The zero-order valence-corrected chi connectivity index (χ0v) is 12.3. The van der Waals surface area contributed by atoms with Gasteiger partial charge >= 0.3 is 0 Å². The molecule has 1 aromatic heterocycles. The molecule has 2 aromatic rings. The highest BCUT2D eigenvalue weighted by Crippen LogP contribution is 2.30. The summed E-state index contributed by atoms with van der Waals surface area (Å²) in [5.41, 5.74) is 1.66. The molecule has 0 saturated carbocycles. The number of hydrogen-bond donors (Lipinski definition) is 2. The standard InChI is InChI=1S/C9H7Cl2N3O3S2/c10-6-2-7(11)8(1-5(6)3-15)19(16,17)14-9-13-12-4-18-9/h1-2,4,15H,3H2,(H,13,14). The summed E-state index contributed by atoms with van der Waals surface area (Å²) in [4.78, 5) is -0.183. The highest BCUT2D eigenvalue weighted by atomic mass is 35.5. The number of aromatic nitrogens is 2. The summed E-state index contributed by atoms with van der Waals surface area (Å²) >= 11 is 12.7. The van der Waals surface area contributed by atoms with Crippen LogP contribution in [-0.2, 0) is 16.6 Å². The Balaban J connectivity index is 2.45. The van der Waals surface area contributed by atoms with E-state index >= 15 is 0 Å². The SMILES string of the molecule is O=S(=O)(Nc1nncs1)c1cc(CO)c(Cl)cc1Cl. The van der Waals surface area contributed by atoms with Gasteiger partial charge in [-0.15, -0.1) is 10.2 Å². The molecule has 0 amide bonds. The molecule has 0 saturated heterocycles. The summed E-state index contributed by atoms with van der Waals surface area (Å²) in [7, 11) is -3.91. The fraction of sp³-hybridized carbons (Fsp3) is 0.111. The fourth-order valence-electron chi connectivity index (χ4n) is 1.29. The van der Waals surface area contributed by atoms with Crippen molar-refractivity contribution in [3.63, 3.8) is 0 Å². The highest BCUT2D eigenvalue weighted by molar-refractivity contribution is 7.93. The van der Waals surface area contributed by atoms with Crippen LogP contribution in [0.4, 0.5) is 5.13 Å². The third-order valence-corrected chi connectivity index (χ3v) is 5.03. The molecule has 0 radical (unpaired) electrons. The average molecular weight is 340 g/mol. The van der Waals surface area contributed by atoms with Crippen LogP contribution >= 0.6 is 34.5 Å². The summed E-state index contributed by atoms with van der Waals surface area (Å²) in [6.45, 7) is -0.392. The second-order valence-corrected chi connectivity index (χ2v) is 6.68. The summed E-state index contributed by atoms with van der Waals surface area (Å²) in [6, 6.07) is 2.48. The van der Waals surface area contributed by atoms with Crippen molar-refractivity contribution in [1.29, 1.82) is 0 Å². The predicted molar refractivity (Wildman–Crippen MR) is 73.1 cm³/mol. The zero-order chi connectivity index (χ0) is 14.0. The van der Waals surface area contributed by atoms with Crippen LogP contribution in [0.3, 0.4) is 0 Å². The Bertz CT molecular complexity index is 689. The van der Waals surface area contributed by atoms with Crippen LogP contribution in [0.1, 0.15) is 5.56 Å². The fourth-order valence-corrected chi connectivity index (χ4v) is 3.84. The number of nitrogens with zero attached hydrogens (tertiary/aromatic N) is 2. The molecule has 102 valence electrons. The Morgan fingerprint density at radius 1 is 1.32 bits per heavy atom. The van der Waals surface area contributed by atoms with Crippen molar-refractivity contribution in [2.75, 3.05) is 4.72 Å². The van der Waals surface area contributed by atoms with E-state index in [0.29, 0.717) is 0 Å². The maximum Gasteiger partial charge on any atom is 0.265 e. The lowest BCUT2D eigenvalue weighted by molar-refractivity contribution is 0.281. The average Bonchev–Trinajstić information content (AvgIpc) is 2.80. The molecule has 2 N–H and O–H groups in total. The van der Waals surface area contributed by atoms with Gasteiger partial charge in [-0.3, -0.25) is 4.72 Å². The molecule has 10 heteroatoms. The third kappa shape index (κ3) is 3.15. The van der Waals surface area contributed by atoms with Crippen LogP contribution in [0.25, 0.3) is 0 Å². The van der Waals surface area contributed by atoms with Gasteiger partial charge in [0.05, 0.1) is 11.6 Å². The van der Waals surface area contributed by atoms with Gasteiger partial charge in [-0.2, -0.15) is 0 Å². The maximum atomic E-state index is 12.1. The van der Waals surface area contributed by atoms with Crippen molar-refractivity contribution in [1.82, 2.24) is 10.2 Å². The lowest BCUT2D eigenvalue weighted by atomic mass is 10.2. The summed E-state index contributed by atoms with van der Waals surface area (Å²) < 4.78 is 26.5. The van der Waals surface area contributed by atoms with Gasteiger partial charge in [0, 0.05) is 5.02 Å². The monoisotopic (exact) mass is 339 g/mol. The predicted octanol–water partition coefficient (Wildman–Crippen LogP) is 2.14. The molecular formula is C9H7Cl2N3O3S2. The second-order valence-electron chi connectivity index (χ2n) is 3.38. The molecule has 0 aliphatic heterocycles. The summed E-state index contributed by atoms with van der Waals surface area (Å²) in [5, 5.41) is 16.5. The van der Waals surface area contributed by atoms with Crippen LogP contribution in [0.2, 0.25) is 10.0 Å². The smallest absolute Gasteiger partial charge is 0.265 e. The molecule has 0 bridgehead atoms. The molecule has 0 unspecified atom stereocenters. The Kier molecular flexibility index (Phi) is 4.26. The van der Waals surface area contributed by atoms with Gasteiger partial charge in [-0.1, -0.05) is 34.5 Å². The number of hydrogen-bond acceptors (Lipinski definition) is 6. The molecule has 6 nitrogen and oxygen atoms in total. The first kappa shape index (κ1) is 14.5. The first-order chi connectivity index (χ1) is 8.94. The number of aliphatic hydroxyl groups is 1. The number of sulfonamides is 1. The minimum Gasteiger partial charge on any atom is -0.392 e. The number of anilines is 1. The summed E-state index contributed by atoms with van der Waals surface area (Å²) in [6.07, 6.45) is 0. The first-order valence-electron chi connectivity index (χ1n) is 4.82. The quantitative estimate of drug-likeness (QED) is 0.890. The Labute approximate surface area is 123 Å². The van der Waals surface area contributed by atoms with Gasteiger partial charge in [0.15, 0.2) is 0 Å². The van der Waals surface area contributed by atoms with Crippen LogP contribution in [0.15, 0.2) is 22.5 Å². The van der Waals surface area contributed by atoms with Crippen molar-refractivity contribution < 1.29 is 13.5 Å². The van der Waals surface area contributed by atoms with E-state index < -0.39 is 16.6 Å². The molecule has 0 aliphatic rings. The van der Waals surface area contributed by atoms with Crippen molar-refractivity contribution in [3.05, 3.63) is 33.3 Å². The molecular weight excluding hydrogens is 333 g/mol. The van der Waals surface area contributed by atoms with Crippen molar-refractivity contribution in [2.45, 2.75) is 11.5 Å². The minimum absolute atomic E-state index is 0.0424.